The number of carbonyl (C=O) groups is 3. The predicted octanol–water partition coefficient (Wildman–Crippen LogP) is 15.3. The van der Waals surface area contributed by atoms with Crippen molar-refractivity contribution in [3.8, 4) is 0 Å². The first-order valence-electron chi connectivity index (χ1n) is 23.5. The van der Waals surface area contributed by atoms with Crippen LogP contribution in [0.2, 0.25) is 0 Å². The molecule has 6 nitrogen and oxygen atoms in total. The molecular formula is C55H82O6. The normalized spacial score (nSPS) is 13.4. The Labute approximate surface area is 372 Å². The Morgan fingerprint density at radius 1 is 0.361 bits per heavy atom. The molecule has 0 saturated carbocycles. The second-order valence-corrected chi connectivity index (χ2v) is 14.8. The summed E-state index contributed by atoms with van der Waals surface area (Å²) in [5.74, 6) is -1.12. The zero-order valence-electron chi connectivity index (χ0n) is 38.4. The highest BCUT2D eigenvalue weighted by Gasteiger charge is 2.19. The summed E-state index contributed by atoms with van der Waals surface area (Å²) in [6, 6.07) is 0. The first-order valence-corrected chi connectivity index (χ1v) is 23.5. The van der Waals surface area contributed by atoms with Gasteiger partial charge in [0.05, 0.1) is 0 Å². The van der Waals surface area contributed by atoms with E-state index in [-0.39, 0.29) is 38.0 Å². The van der Waals surface area contributed by atoms with Crippen LogP contribution in [0.15, 0.2) is 146 Å². The lowest BCUT2D eigenvalue weighted by Crippen LogP contribution is -2.30. The van der Waals surface area contributed by atoms with Crippen molar-refractivity contribution in [2.24, 2.45) is 0 Å². The molecule has 0 radical (unpaired) electrons. The summed E-state index contributed by atoms with van der Waals surface area (Å²) in [5, 5.41) is 0. The zero-order chi connectivity index (χ0) is 44.4. The monoisotopic (exact) mass is 839 g/mol. The Bertz CT molecular complexity index is 1430. The third kappa shape index (κ3) is 46.2. The van der Waals surface area contributed by atoms with Gasteiger partial charge in [0.2, 0.25) is 0 Å². The number of carbonyl (C=O) groups excluding carboxylic acids is 3. The molecular weight excluding hydrogens is 757 g/mol. The van der Waals surface area contributed by atoms with Gasteiger partial charge in [-0.1, -0.05) is 212 Å². The number of ether oxygens (including phenoxy) is 3. The number of unbranched alkanes of at least 4 members (excludes halogenated alkanes) is 12. The number of hydrogen-bond donors (Lipinski definition) is 0. The summed E-state index contributed by atoms with van der Waals surface area (Å²) in [5.41, 5.74) is 0. The van der Waals surface area contributed by atoms with E-state index in [0.717, 1.165) is 51.4 Å². The topological polar surface area (TPSA) is 78.9 Å². The Hall–Kier alpha value is -4.71. The molecule has 61 heavy (non-hydrogen) atoms. The van der Waals surface area contributed by atoms with Gasteiger partial charge in [-0.25, -0.2) is 0 Å². The maximum absolute atomic E-state index is 12.7. The molecule has 338 valence electrons. The van der Waals surface area contributed by atoms with E-state index >= 15 is 0 Å². The average Bonchev–Trinajstić information content (AvgIpc) is 3.26. The summed E-state index contributed by atoms with van der Waals surface area (Å²) in [6.07, 6.45) is 68.4. The van der Waals surface area contributed by atoms with Crippen molar-refractivity contribution in [1.82, 2.24) is 0 Å². The van der Waals surface area contributed by atoms with Crippen LogP contribution in [0.1, 0.15) is 162 Å². The lowest BCUT2D eigenvalue weighted by Gasteiger charge is -2.18. The van der Waals surface area contributed by atoms with Crippen LogP contribution in [0, 0.1) is 0 Å². The SMILES string of the molecule is CC/C=C/C=C/C=C/C=C/C=C/CCCC(=O)OCC(COC(=O)CCCCCCCCC/C=C/C/C=C/CCCCC)OC(=O)CCC/C=C/C=C/C=C/C=C/C=C/CC. The largest absolute Gasteiger partial charge is 0.462 e. The second-order valence-electron chi connectivity index (χ2n) is 14.8. The minimum absolute atomic E-state index is 0.140. The molecule has 0 saturated heterocycles. The summed E-state index contributed by atoms with van der Waals surface area (Å²) >= 11 is 0. The zero-order valence-corrected chi connectivity index (χ0v) is 38.4. The fourth-order valence-electron chi connectivity index (χ4n) is 5.59. The Kier molecular flexibility index (Phi) is 44.3. The molecule has 0 heterocycles. The highest BCUT2D eigenvalue weighted by molar-refractivity contribution is 5.71. The maximum Gasteiger partial charge on any atom is 0.306 e. The summed E-state index contributed by atoms with van der Waals surface area (Å²) in [6.45, 7) is 6.15. The van der Waals surface area contributed by atoms with Crippen LogP contribution in [0.25, 0.3) is 0 Å². The van der Waals surface area contributed by atoms with E-state index in [2.05, 4.69) is 57.2 Å². The second kappa shape index (κ2) is 48.0. The molecule has 0 aliphatic heterocycles. The van der Waals surface area contributed by atoms with Gasteiger partial charge in [-0.2, -0.15) is 0 Å². The lowest BCUT2D eigenvalue weighted by atomic mass is 10.1. The van der Waals surface area contributed by atoms with E-state index in [1.807, 2.05) is 109 Å². The van der Waals surface area contributed by atoms with E-state index in [4.69, 9.17) is 14.2 Å². The third-order valence-electron chi connectivity index (χ3n) is 9.06. The van der Waals surface area contributed by atoms with Gasteiger partial charge in [0.25, 0.3) is 0 Å². The molecule has 0 amide bonds. The van der Waals surface area contributed by atoms with Gasteiger partial charge >= 0.3 is 17.9 Å². The standard InChI is InChI=1S/C55H82O6/c1-4-7-10-13-16-19-22-25-26-27-28-31-33-36-39-42-45-48-54(57)60-51-52(61-55(58)49-46-43-40-37-34-30-24-21-18-15-12-9-6-3)50-59-53(56)47-44-41-38-35-32-29-23-20-17-14-11-8-5-2/h8-9,11-12,14-21,23-26,29-30,32,34-35,37-38,40,52H,4-7,10,13,22,27-28,31,33,36,39,41-51H2,1-3H3/b11-8+,12-9+,17-14+,18-15+,19-16+,23-20+,24-21+,26-25+,32-29+,34-30+,38-35+,40-37+. The van der Waals surface area contributed by atoms with Gasteiger partial charge in [-0.05, 0) is 77.0 Å². The average molecular weight is 839 g/mol. The minimum atomic E-state index is -0.852. The van der Waals surface area contributed by atoms with Crippen molar-refractivity contribution >= 4 is 17.9 Å². The van der Waals surface area contributed by atoms with Crippen LogP contribution < -0.4 is 0 Å². The number of allylic oxidation sites excluding steroid dienone is 24. The van der Waals surface area contributed by atoms with Crippen molar-refractivity contribution in [3.05, 3.63) is 146 Å². The molecule has 0 aromatic rings. The van der Waals surface area contributed by atoms with Gasteiger partial charge in [-0.15, -0.1) is 0 Å². The van der Waals surface area contributed by atoms with Gasteiger partial charge < -0.3 is 14.2 Å². The molecule has 0 aromatic carbocycles. The molecule has 1 atom stereocenters. The van der Waals surface area contributed by atoms with Gasteiger partial charge in [-0.3, -0.25) is 14.4 Å². The van der Waals surface area contributed by atoms with Gasteiger partial charge in [0.1, 0.15) is 13.2 Å². The van der Waals surface area contributed by atoms with Crippen LogP contribution >= 0.6 is 0 Å². The molecule has 0 bridgehead atoms. The van der Waals surface area contributed by atoms with Crippen molar-refractivity contribution in [3.63, 3.8) is 0 Å². The first-order chi connectivity index (χ1) is 30.0. The van der Waals surface area contributed by atoms with E-state index in [0.29, 0.717) is 25.7 Å². The Morgan fingerprint density at radius 3 is 1.18 bits per heavy atom. The number of rotatable bonds is 39. The van der Waals surface area contributed by atoms with Crippen LogP contribution in [-0.2, 0) is 28.6 Å². The highest BCUT2D eigenvalue weighted by atomic mass is 16.6. The molecule has 0 aliphatic rings. The highest BCUT2D eigenvalue weighted by Crippen LogP contribution is 2.12. The first kappa shape index (κ1) is 56.3. The smallest absolute Gasteiger partial charge is 0.306 e. The molecule has 0 spiro atoms. The molecule has 0 rings (SSSR count). The quantitative estimate of drug-likeness (QED) is 0.0202. The minimum Gasteiger partial charge on any atom is -0.462 e. The van der Waals surface area contributed by atoms with Crippen LogP contribution in [-0.4, -0.2) is 37.2 Å². The van der Waals surface area contributed by atoms with Crippen LogP contribution in [0.3, 0.4) is 0 Å². The summed E-state index contributed by atoms with van der Waals surface area (Å²) in [7, 11) is 0. The molecule has 0 N–H and O–H groups in total. The molecule has 1 unspecified atom stereocenters. The van der Waals surface area contributed by atoms with Crippen molar-refractivity contribution in [2.75, 3.05) is 13.2 Å². The number of esters is 3. The summed E-state index contributed by atoms with van der Waals surface area (Å²) in [4.78, 5) is 37.8. The summed E-state index contributed by atoms with van der Waals surface area (Å²) < 4.78 is 16.6. The fraction of sp³-hybridized carbons (Fsp3) is 0.509. The number of hydrogen-bond acceptors (Lipinski definition) is 6. The van der Waals surface area contributed by atoms with Gasteiger partial charge in [0.15, 0.2) is 6.10 Å². The third-order valence-corrected chi connectivity index (χ3v) is 9.06. The van der Waals surface area contributed by atoms with E-state index in [1.165, 1.54) is 51.4 Å². The molecule has 6 heteroatoms. The fourth-order valence-corrected chi connectivity index (χ4v) is 5.59. The molecule has 0 aliphatic carbocycles. The van der Waals surface area contributed by atoms with E-state index in [9.17, 15) is 14.4 Å². The predicted molar refractivity (Wildman–Crippen MR) is 260 cm³/mol. The van der Waals surface area contributed by atoms with Crippen LogP contribution in [0.5, 0.6) is 0 Å². The lowest BCUT2D eigenvalue weighted by molar-refractivity contribution is -0.167. The maximum atomic E-state index is 12.7. The molecule has 0 fully saturated rings. The van der Waals surface area contributed by atoms with Crippen molar-refractivity contribution in [2.45, 2.75) is 168 Å². The van der Waals surface area contributed by atoms with Crippen molar-refractivity contribution < 1.29 is 28.6 Å². The molecule has 0 aromatic heterocycles. The van der Waals surface area contributed by atoms with E-state index < -0.39 is 12.1 Å². The van der Waals surface area contributed by atoms with Crippen LogP contribution in [0.4, 0.5) is 0 Å². The van der Waals surface area contributed by atoms with E-state index in [1.54, 1.807) is 0 Å². The Balaban J connectivity index is 4.62. The van der Waals surface area contributed by atoms with Crippen molar-refractivity contribution in [1.29, 1.82) is 0 Å². The van der Waals surface area contributed by atoms with Gasteiger partial charge in [0, 0.05) is 19.3 Å². The Morgan fingerprint density at radius 2 is 0.721 bits per heavy atom.